The molecule has 0 fully saturated rings. The van der Waals surface area contributed by atoms with Crippen LogP contribution in [0.5, 0.6) is 0 Å². The van der Waals surface area contributed by atoms with Crippen molar-refractivity contribution in [2.24, 2.45) is 0 Å². The van der Waals surface area contributed by atoms with Gasteiger partial charge >= 0.3 is 0 Å². The molecule has 2 nitrogen and oxygen atoms in total. The molecule has 0 aromatic carbocycles. The minimum Gasteiger partial charge on any atom is -0.502 e. The molecule has 0 amide bonds. The molecule has 0 radical (unpaired) electrons. The van der Waals surface area contributed by atoms with Crippen LogP contribution >= 0.6 is 0 Å². The Kier molecular flexibility index (Phi) is 4.12. The van der Waals surface area contributed by atoms with Gasteiger partial charge in [-0.1, -0.05) is 6.58 Å². The maximum absolute atomic E-state index is 5.17. The zero-order chi connectivity index (χ0) is 8.04. The van der Waals surface area contributed by atoms with E-state index < -0.39 is 0 Å². The summed E-state index contributed by atoms with van der Waals surface area (Å²) in [5.41, 5.74) is -0.0803. The lowest BCUT2D eigenvalue weighted by Gasteiger charge is -2.21. The number of hydrogen-bond donors (Lipinski definition) is 0. The van der Waals surface area contributed by atoms with Crippen LogP contribution in [0.15, 0.2) is 12.8 Å². The Balaban J connectivity index is 3.36. The van der Waals surface area contributed by atoms with E-state index in [1.54, 1.807) is 7.11 Å². The molecule has 60 valence electrons. The molecule has 0 spiro atoms. The van der Waals surface area contributed by atoms with E-state index in [1.807, 2.05) is 13.8 Å². The summed E-state index contributed by atoms with van der Waals surface area (Å²) in [5.74, 6) is 0. The summed E-state index contributed by atoms with van der Waals surface area (Å²) in [6, 6.07) is 0. The quantitative estimate of drug-likeness (QED) is 0.434. The molecule has 0 aromatic rings. The van der Waals surface area contributed by atoms with Crippen LogP contribution in [0.4, 0.5) is 0 Å². The molecule has 0 aliphatic heterocycles. The standard InChI is InChI=1S/C8H16O2/c1-5-10-7-6-8(2,3)9-4/h5H,1,6-7H2,2-4H3. The molecule has 0 unspecified atom stereocenters. The van der Waals surface area contributed by atoms with E-state index in [1.165, 1.54) is 6.26 Å². The summed E-state index contributed by atoms with van der Waals surface area (Å²) in [5, 5.41) is 0. The molecule has 0 aliphatic carbocycles. The van der Waals surface area contributed by atoms with Gasteiger partial charge in [-0.05, 0) is 13.8 Å². The summed E-state index contributed by atoms with van der Waals surface area (Å²) in [7, 11) is 1.70. The Hall–Kier alpha value is -0.500. The van der Waals surface area contributed by atoms with Gasteiger partial charge in [-0.25, -0.2) is 0 Å². The van der Waals surface area contributed by atoms with Crippen molar-refractivity contribution >= 4 is 0 Å². The average Bonchev–Trinajstić information content (AvgIpc) is 1.89. The van der Waals surface area contributed by atoms with E-state index in [-0.39, 0.29) is 5.60 Å². The highest BCUT2D eigenvalue weighted by atomic mass is 16.5. The van der Waals surface area contributed by atoms with E-state index in [9.17, 15) is 0 Å². The molecular weight excluding hydrogens is 128 g/mol. The lowest BCUT2D eigenvalue weighted by Crippen LogP contribution is -2.23. The van der Waals surface area contributed by atoms with Gasteiger partial charge < -0.3 is 9.47 Å². The van der Waals surface area contributed by atoms with Crippen molar-refractivity contribution in [1.82, 2.24) is 0 Å². The normalized spacial score (nSPS) is 11.1. The van der Waals surface area contributed by atoms with Crippen molar-refractivity contribution in [1.29, 1.82) is 0 Å². The van der Waals surface area contributed by atoms with E-state index in [2.05, 4.69) is 6.58 Å². The third kappa shape index (κ3) is 4.39. The van der Waals surface area contributed by atoms with Crippen LogP contribution in [0.2, 0.25) is 0 Å². The zero-order valence-electron chi connectivity index (χ0n) is 7.02. The number of hydrogen-bond acceptors (Lipinski definition) is 2. The van der Waals surface area contributed by atoms with E-state index in [0.29, 0.717) is 6.61 Å². The Bertz CT molecular complexity index is 97.4. The first kappa shape index (κ1) is 9.50. The lowest BCUT2D eigenvalue weighted by molar-refractivity contribution is 0.00117. The van der Waals surface area contributed by atoms with Crippen molar-refractivity contribution in [3.8, 4) is 0 Å². The summed E-state index contributed by atoms with van der Waals surface area (Å²) in [6.07, 6.45) is 2.33. The second-order valence-corrected chi connectivity index (χ2v) is 2.75. The van der Waals surface area contributed by atoms with Gasteiger partial charge in [0.25, 0.3) is 0 Å². The summed E-state index contributed by atoms with van der Waals surface area (Å²) in [4.78, 5) is 0. The van der Waals surface area contributed by atoms with Gasteiger partial charge in [-0.3, -0.25) is 0 Å². The number of ether oxygens (including phenoxy) is 2. The average molecular weight is 144 g/mol. The molecule has 2 heteroatoms. The van der Waals surface area contributed by atoms with Gasteiger partial charge in [-0.15, -0.1) is 0 Å². The van der Waals surface area contributed by atoms with Crippen molar-refractivity contribution in [3.63, 3.8) is 0 Å². The van der Waals surface area contributed by atoms with Gasteiger partial charge in [-0.2, -0.15) is 0 Å². The molecule has 0 saturated heterocycles. The van der Waals surface area contributed by atoms with Crippen molar-refractivity contribution in [2.45, 2.75) is 25.9 Å². The molecule has 10 heavy (non-hydrogen) atoms. The van der Waals surface area contributed by atoms with Crippen LogP contribution in [-0.2, 0) is 9.47 Å². The van der Waals surface area contributed by atoms with E-state index in [0.717, 1.165) is 6.42 Å². The predicted octanol–water partition coefficient (Wildman–Crippen LogP) is 1.96. The van der Waals surface area contributed by atoms with Gasteiger partial charge in [0.1, 0.15) is 0 Å². The van der Waals surface area contributed by atoms with Gasteiger partial charge in [0.05, 0.1) is 18.5 Å². The van der Waals surface area contributed by atoms with Crippen molar-refractivity contribution in [3.05, 3.63) is 12.8 Å². The monoisotopic (exact) mass is 144 g/mol. The van der Waals surface area contributed by atoms with E-state index >= 15 is 0 Å². The van der Waals surface area contributed by atoms with Gasteiger partial charge in [0.2, 0.25) is 0 Å². The maximum Gasteiger partial charge on any atom is 0.0900 e. The summed E-state index contributed by atoms with van der Waals surface area (Å²) < 4.78 is 10.1. The first-order valence-corrected chi connectivity index (χ1v) is 3.40. The van der Waals surface area contributed by atoms with Crippen molar-refractivity contribution < 1.29 is 9.47 Å². The van der Waals surface area contributed by atoms with E-state index in [4.69, 9.17) is 9.47 Å². The second kappa shape index (κ2) is 4.34. The second-order valence-electron chi connectivity index (χ2n) is 2.75. The Morgan fingerprint density at radius 3 is 2.50 bits per heavy atom. The zero-order valence-corrected chi connectivity index (χ0v) is 7.02. The number of methoxy groups -OCH3 is 1. The predicted molar refractivity (Wildman–Crippen MR) is 41.9 cm³/mol. The highest BCUT2D eigenvalue weighted by molar-refractivity contribution is 4.67. The van der Waals surface area contributed by atoms with Gasteiger partial charge in [0, 0.05) is 13.5 Å². The molecule has 0 aromatic heterocycles. The van der Waals surface area contributed by atoms with Crippen LogP contribution in [-0.4, -0.2) is 19.3 Å². The third-order valence-corrected chi connectivity index (χ3v) is 1.49. The smallest absolute Gasteiger partial charge is 0.0900 e. The summed E-state index contributed by atoms with van der Waals surface area (Å²) in [6.45, 7) is 8.17. The molecule has 0 rings (SSSR count). The molecule has 0 N–H and O–H groups in total. The third-order valence-electron chi connectivity index (χ3n) is 1.49. The van der Waals surface area contributed by atoms with Crippen LogP contribution < -0.4 is 0 Å². The fraction of sp³-hybridized carbons (Fsp3) is 0.750. The SMILES string of the molecule is C=COCCC(C)(C)OC. The number of rotatable bonds is 5. The Labute approximate surface area is 62.8 Å². The van der Waals surface area contributed by atoms with Crippen LogP contribution in [0.3, 0.4) is 0 Å². The first-order chi connectivity index (χ1) is 4.62. The lowest BCUT2D eigenvalue weighted by atomic mass is 10.1. The molecule has 0 heterocycles. The fourth-order valence-electron chi connectivity index (χ4n) is 0.490. The fourth-order valence-corrected chi connectivity index (χ4v) is 0.490. The molecule has 0 aliphatic rings. The molecule has 0 saturated carbocycles. The molecule has 0 bridgehead atoms. The summed E-state index contributed by atoms with van der Waals surface area (Å²) >= 11 is 0. The van der Waals surface area contributed by atoms with Gasteiger partial charge in [0.15, 0.2) is 0 Å². The Morgan fingerprint density at radius 1 is 1.50 bits per heavy atom. The Morgan fingerprint density at radius 2 is 2.10 bits per heavy atom. The molecule has 0 atom stereocenters. The van der Waals surface area contributed by atoms with Crippen LogP contribution in [0, 0.1) is 0 Å². The topological polar surface area (TPSA) is 18.5 Å². The van der Waals surface area contributed by atoms with Crippen LogP contribution in [0.1, 0.15) is 20.3 Å². The maximum atomic E-state index is 5.17. The largest absolute Gasteiger partial charge is 0.502 e. The highest BCUT2D eigenvalue weighted by Crippen LogP contribution is 2.12. The minimum absolute atomic E-state index is 0.0803. The first-order valence-electron chi connectivity index (χ1n) is 3.40. The van der Waals surface area contributed by atoms with Crippen LogP contribution in [0.25, 0.3) is 0 Å². The highest BCUT2D eigenvalue weighted by Gasteiger charge is 2.15. The van der Waals surface area contributed by atoms with Crippen molar-refractivity contribution in [2.75, 3.05) is 13.7 Å². The molecular formula is C8H16O2. The minimum atomic E-state index is -0.0803.